The fourth-order valence-corrected chi connectivity index (χ4v) is 9.24. The first-order valence-corrected chi connectivity index (χ1v) is 18.5. The van der Waals surface area contributed by atoms with Crippen molar-refractivity contribution in [2.45, 2.75) is 36.4 Å². The molecule has 0 bridgehead atoms. The van der Waals surface area contributed by atoms with E-state index >= 15 is 0 Å². The van der Waals surface area contributed by atoms with Crippen LogP contribution in [0.2, 0.25) is 0 Å². The van der Waals surface area contributed by atoms with Gasteiger partial charge in [0.2, 0.25) is 0 Å². The van der Waals surface area contributed by atoms with Crippen molar-refractivity contribution in [3.8, 4) is 0 Å². The molecular formula is C33H39I2N5O2-2. The summed E-state index contributed by atoms with van der Waals surface area (Å²) in [5, 5.41) is 8.28. The van der Waals surface area contributed by atoms with Gasteiger partial charge in [-0.3, -0.25) is 0 Å². The molecule has 0 saturated carbocycles. The third kappa shape index (κ3) is 7.99. The van der Waals surface area contributed by atoms with Gasteiger partial charge in [-0.1, -0.05) is 0 Å². The van der Waals surface area contributed by atoms with E-state index in [1.165, 1.54) is 9.65 Å². The molecule has 0 fully saturated rings. The molecule has 0 radical (unpaired) electrons. The molecule has 0 spiro atoms. The Morgan fingerprint density at radius 2 is 1.69 bits per heavy atom. The van der Waals surface area contributed by atoms with Crippen molar-refractivity contribution >= 4 is 9.82 Å². The summed E-state index contributed by atoms with van der Waals surface area (Å²) in [6.07, 6.45) is 1.43. The van der Waals surface area contributed by atoms with Crippen LogP contribution >= 0.6 is 0 Å². The average Bonchev–Trinajstić information content (AvgIpc) is 3.43. The predicted octanol–water partition coefficient (Wildman–Crippen LogP) is -0.962. The number of carbonyl (C=O) groups excluding carboxylic acids is 2. The number of nitrogens with zero attached hydrogens (tertiary/aromatic N) is 4. The van der Waals surface area contributed by atoms with Crippen LogP contribution < -0.4 is 47.7 Å². The summed E-state index contributed by atoms with van der Waals surface area (Å²) >= 11 is -1.19. The molecule has 1 unspecified atom stereocenters. The van der Waals surface area contributed by atoms with Gasteiger partial charge in [0.05, 0.1) is 0 Å². The predicted molar refractivity (Wildman–Crippen MR) is 158 cm³/mol. The molecule has 0 aliphatic carbocycles. The molecule has 1 aliphatic rings. The van der Waals surface area contributed by atoms with E-state index in [1.54, 1.807) is 0 Å². The topological polar surface area (TPSA) is 70.5 Å². The normalized spacial score (nSPS) is 14.4. The van der Waals surface area contributed by atoms with Gasteiger partial charge >= 0.3 is 272 Å². The van der Waals surface area contributed by atoms with Gasteiger partial charge in [-0.15, -0.1) is 0 Å². The first kappa shape index (κ1) is 32.2. The molecule has 1 aliphatic heterocycles. The second-order valence-corrected chi connectivity index (χ2v) is 16.2. The van der Waals surface area contributed by atoms with Gasteiger partial charge in [-0.05, 0) is 0 Å². The third-order valence-corrected chi connectivity index (χ3v) is 12.2. The zero-order chi connectivity index (χ0) is 30.3. The number of fused-ring (bicyclic) bond motifs is 1. The van der Waals surface area contributed by atoms with Crippen LogP contribution in [-0.2, 0) is 28.4 Å². The minimum atomic E-state index is -0.601. The molecule has 4 rings (SSSR count). The number of likely N-dealkylation sites (N-methyl/N-ethyl adjacent to an activating group) is 1. The molecule has 42 heavy (non-hydrogen) atoms. The van der Waals surface area contributed by atoms with Gasteiger partial charge in [0.15, 0.2) is 0 Å². The van der Waals surface area contributed by atoms with Crippen molar-refractivity contribution in [3.05, 3.63) is 121 Å². The number of aromatic nitrogens is 2. The van der Waals surface area contributed by atoms with Crippen LogP contribution in [0, 0.1) is 7.27 Å². The van der Waals surface area contributed by atoms with Crippen molar-refractivity contribution in [2.24, 2.45) is 7.05 Å². The molecule has 1 atom stereocenters. The van der Waals surface area contributed by atoms with Crippen molar-refractivity contribution in [1.29, 1.82) is 0 Å². The number of allylic oxidation sites excluding steroid dienone is 1. The standard InChI is InChI=1S/C33H39I2N5O2/c1-7-29(41)34-21-24-15-10-8-13-19-26(20-14-16-24)35-31-27-22-40(33(2,3)30(27)39(6)37-31)32(42)36-28(23-38(4)5)25-17-11-9-12-18-25/h7-20,28H,1,21-23H2,2-6H3,(H,36,42)/q-2. The van der Waals surface area contributed by atoms with Gasteiger partial charge in [-0.25, -0.2) is 0 Å². The number of halogens is 2. The Balaban J connectivity index is 1.57. The molecule has 1 N–H and O–H groups in total. The zero-order valence-corrected chi connectivity index (χ0v) is 29.2. The maximum absolute atomic E-state index is 13.8. The van der Waals surface area contributed by atoms with E-state index in [1.807, 2.05) is 61.1 Å². The monoisotopic (exact) mass is 791 g/mol. The average molecular weight is 792 g/mol. The number of urea groups is 1. The number of rotatable bonds is 10. The Hall–Kier alpha value is -2.77. The van der Waals surface area contributed by atoms with Gasteiger partial charge < -0.3 is 0 Å². The molecule has 2 aromatic carbocycles. The Labute approximate surface area is 270 Å². The fraction of sp³-hybridized carbons (Fsp3) is 0.303. The molecule has 9 heteroatoms. The zero-order valence-electron chi connectivity index (χ0n) is 24.8. The Morgan fingerprint density at radius 3 is 2.38 bits per heavy atom. The molecule has 7 nitrogen and oxygen atoms in total. The van der Waals surface area contributed by atoms with E-state index in [0.717, 1.165) is 30.5 Å². The quantitative estimate of drug-likeness (QED) is 0.125. The van der Waals surface area contributed by atoms with Crippen molar-refractivity contribution in [3.63, 3.8) is 0 Å². The Morgan fingerprint density at radius 1 is 1.05 bits per heavy atom. The molecular weight excluding hydrogens is 752 g/mol. The molecule has 2 heterocycles. The molecule has 0 saturated heterocycles. The van der Waals surface area contributed by atoms with Crippen LogP contribution in [0.15, 0.2) is 91.5 Å². The number of nitrogens with one attached hydrogen (secondary N) is 1. The van der Waals surface area contributed by atoms with E-state index in [0.29, 0.717) is 13.1 Å². The summed E-state index contributed by atoms with van der Waals surface area (Å²) in [7, 11) is 6.03. The van der Waals surface area contributed by atoms with E-state index in [2.05, 4.69) is 79.2 Å². The minimum absolute atomic E-state index is 0.0704. The number of aryl methyl sites for hydroxylation is 1. The second-order valence-electron chi connectivity index (χ2n) is 10.8. The van der Waals surface area contributed by atoms with E-state index in [-0.39, 0.29) is 15.9 Å². The van der Waals surface area contributed by atoms with Crippen LogP contribution in [-0.4, -0.2) is 50.0 Å². The van der Waals surface area contributed by atoms with Crippen LogP contribution in [0.4, 0.5) is 4.79 Å². The van der Waals surface area contributed by atoms with E-state index < -0.39 is 47.9 Å². The summed E-state index contributed by atoms with van der Waals surface area (Å²) in [6.45, 7) is 9.05. The summed E-state index contributed by atoms with van der Waals surface area (Å²) in [5.41, 5.74) is 3.98. The van der Waals surface area contributed by atoms with Crippen LogP contribution in [0.3, 0.4) is 0 Å². The number of benzene rings is 1. The Kier molecular flexibility index (Phi) is 11.2. The second kappa shape index (κ2) is 14.6. The summed E-state index contributed by atoms with van der Waals surface area (Å²) in [6, 6.07) is 26.6. The van der Waals surface area contributed by atoms with E-state index in [4.69, 9.17) is 5.10 Å². The van der Waals surface area contributed by atoms with Crippen molar-refractivity contribution < 1.29 is 52.0 Å². The summed E-state index contributed by atoms with van der Waals surface area (Å²) in [4.78, 5) is 29.6. The number of hydrogen-bond donors (Lipinski definition) is 1. The number of carbonyl (C=O) groups is 2. The van der Waals surface area contributed by atoms with Gasteiger partial charge in [0, 0.05) is 0 Å². The van der Waals surface area contributed by atoms with Gasteiger partial charge in [0.1, 0.15) is 0 Å². The molecule has 224 valence electrons. The van der Waals surface area contributed by atoms with E-state index in [9.17, 15) is 9.59 Å². The first-order valence-electron chi connectivity index (χ1n) is 13.8. The van der Waals surface area contributed by atoms with Crippen LogP contribution in [0.5, 0.6) is 0 Å². The number of alkyl halides is 1. The van der Waals surface area contributed by atoms with Crippen LogP contribution in [0.1, 0.15) is 42.3 Å². The molecule has 2 amide bonds. The first-order chi connectivity index (χ1) is 20.1. The number of hydrogen-bond acceptors (Lipinski definition) is 4. The maximum atomic E-state index is 13.8. The SMILES string of the molecule is C=CC(=O)[I-]Cc1cccccc([I-]c2nn(C)c3c2CN(C(=O)NC(CN(C)C)c2ccccc2)C3(C)C)ccc1. The third-order valence-electron chi connectivity index (χ3n) is 7.02. The van der Waals surface area contributed by atoms with Gasteiger partial charge in [0.25, 0.3) is 0 Å². The van der Waals surface area contributed by atoms with Gasteiger partial charge in [-0.2, -0.15) is 0 Å². The number of amides is 2. The summed E-state index contributed by atoms with van der Waals surface area (Å²) < 4.78 is 5.23. The van der Waals surface area contributed by atoms with Crippen molar-refractivity contribution in [1.82, 2.24) is 24.9 Å². The fourth-order valence-electron chi connectivity index (χ4n) is 5.06. The Bertz CT molecular complexity index is 1480. The van der Waals surface area contributed by atoms with Crippen LogP contribution in [0.25, 0.3) is 0 Å². The molecule has 3 aromatic rings. The summed E-state index contributed by atoms with van der Waals surface area (Å²) in [5.74, 6) is 0. The van der Waals surface area contributed by atoms with Crippen molar-refractivity contribution in [2.75, 3.05) is 20.6 Å². The molecule has 1 aromatic heterocycles.